The maximum absolute atomic E-state index is 13.9. The van der Waals surface area contributed by atoms with Crippen molar-refractivity contribution in [1.29, 1.82) is 0 Å². The van der Waals surface area contributed by atoms with Gasteiger partial charge in [0.2, 0.25) is 0 Å². The number of rotatable bonds is 4. The van der Waals surface area contributed by atoms with E-state index in [4.69, 9.17) is 4.74 Å². The van der Waals surface area contributed by atoms with Crippen LogP contribution in [0.3, 0.4) is 0 Å². The van der Waals surface area contributed by atoms with Gasteiger partial charge in [-0.15, -0.1) is 0 Å². The largest absolute Gasteiger partial charge is 0.497 e. The zero-order valence-electron chi connectivity index (χ0n) is 11.7. The van der Waals surface area contributed by atoms with E-state index < -0.39 is 11.6 Å². The number of hydrogen-bond acceptors (Lipinski definition) is 3. The fourth-order valence-corrected chi connectivity index (χ4v) is 2.62. The number of likely N-dealkylation sites (tertiary alicyclic amines) is 1. The van der Waals surface area contributed by atoms with Gasteiger partial charge >= 0.3 is 0 Å². The first-order valence-corrected chi connectivity index (χ1v) is 6.81. The summed E-state index contributed by atoms with van der Waals surface area (Å²) in [6.07, 6.45) is 3.53. The molecule has 0 spiro atoms. The van der Waals surface area contributed by atoms with Gasteiger partial charge in [0.25, 0.3) is 0 Å². The first-order chi connectivity index (χ1) is 10.2. The smallest absolute Gasteiger partial charge is 0.134 e. The quantitative estimate of drug-likeness (QED) is 0.865. The fourth-order valence-electron chi connectivity index (χ4n) is 2.62. The number of hydrogen-bond donors (Lipinski definition) is 0. The average Bonchev–Trinajstić information content (AvgIpc) is 2.45. The minimum absolute atomic E-state index is 0.101. The van der Waals surface area contributed by atoms with Gasteiger partial charge in [-0.2, -0.15) is 0 Å². The Kier molecular flexibility index (Phi) is 3.84. The highest BCUT2D eigenvalue weighted by molar-refractivity contribution is 5.31. The van der Waals surface area contributed by atoms with Crippen molar-refractivity contribution in [3.8, 4) is 5.75 Å². The number of pyridine rings is 1. The lowest BCUT2D eigenvalue weighted by molar-refractivity contribution is 0.136. The van der Waals surface area contributed by atoms with E-state index in [-0.39, 0.29) is 17.9 Å². The Morgan fingerprint density at radius 1 is 1.19 bits per heavy atom. The van der Waals surface area contributed by atoms with E-state index in [9.17, 15) is 8.78 Å². The van der Waals surface area contributed by atoms with Crippen molar-refractivity contribution in [2.45, 2.75) is 12.5 Å². The van der Waals surface area contributed by atoms with Crippen LogP contribution in [-0.2, 0) is 6.54 Å². The van der Waals surface area contributed by atoms with Gasteiger partial charge in [0.1, 0.15) is 17.4 Å². The van der Waals surface area contributed by atoms with Crippen LogP contribution in [0, 0.1) is 11.6 Å². The van der Waals surface area contributed by atoms with E-state index in [1.165, 1.54) is 24.8 Å². The Bertz CT molecular complexity index is 604. The lowest BCUT2D eigenvalue weighted by Gasteiger charge is -2.39. The van der Waals surface area contributed by atoms with E-state index >= 15 is 0 Å². The Morgan fingerprint density at radius 2 is 1.81 bits per heavy atom. The summed E-state index contributed by atoms with van der Waals surface area (Å²) in [5.41, 5.74) is 1.32. The normalized spacial score (nSPS) is 15.8. The topological polar surface area (TPSA) is 25.4 Å². The molecule has 3 nitrogen and oxygen atoms in total. The molecule has 21 heavy (non-hydrogen) atoms. The van der Waals surface area contributed by atoms with Crippen molar-refractivity contribution in [2.24, 2.45) is 0 Å². The van der Waals surface area contributed by atoms with Crippen LogP contribution in [0.2, 0.25) is 0 Å². The molecule has 0 N–H and O–H groups in total. The lowest BCUT2D eigenvalue weighted by Crippen LogP contribution is -2.44. The highest BCUT2D eigenvalue weighted by Crippen LogP contribution is 2.29. The summed E-state index contributed by atoms with van der Waals surface area (Å²) in [5, 5.41) is 0. The van der Waals surface area contributed by atoms with E-state index in [2.05, 4.69) is 4.98 Å². The Labute approximate surface area is 122 Å². The predicted molar refractivity (Wildman–Crippen MR) is 75.2 cm³/mol. The van der Waals surface area contributed by atoms with E-state index in [1.807, 2.05) is 17.0 Å². The third-order valence-corrected chi connectivity index (χ3v) is 3.87. The number of ether oxygens (including phenoxy) is 1. The summed E-state index contributed by atoms with van der Waals surface area (Å²) in [6, 6.07) is 6.41. The zero-order chi connectivity index (χ0) is 14.8. The second-order valence-electron chi connectivity index (χ2n) is 5.24. The van der Waals surface area contributed by atoms with Crippen LogP contribution in [0.1, 0.15) is 17.0 Å². The zero-order valence-corrected chi connectivity index (χ0v) is 11.7. The first kappa shape index (κ1) is 13.9. The van der Waals surface area contributed by atoms with Gasteiger partial charge in [-0.25, -0.2) is 8.78 Å². The van der Waals surface area contributed by atoms with Crippen LogP contribution in [0.5, 0.6) is 5.75 Å². The molecule has 110 valence electrons. The van der Waals surface area contributed by atoms with Crippen LogP contribution in [0.15, 0.2) is 36.7 Å². The maximum atomic E-state index is 13.9. The number of benzene rings is 1. The van der Waals surface area contributed by atoms with E-state index in [0.717, 1.165) is 13.1 Å². The maximum Gasteiger partial charge on any atom is 0.134 e. The second-order valence-corrected chi connectivity index (χ2v) is 5.24. The van der Waals surface area contributed by atoms with Crippen LogP contribution in [0.4, 0.5) is 8.78 Å². The van der Waals surface area contributed by atoms with Crippen molar-refractivity contribution < 1.29 is 13.5 Å². The molecule has 0 unspecified atom stereocenters. The van der Waals surface area contributed by atoms with E-state index in [1.54, 1.807) is 12.4 Å². The summed E-state index contributed by atoms with van der Waals surface area (Å²) >= 11 is 0. The molecule has 1 aliphatic rings. The lowest BCUT2D eigenvalue weighted by atomic mass is 9.92. The summed E-state index contributed by atoms with van der Waals surface area (Å²) in [4.78, 5) is 6.01. The third-order valence-electron chi connectivity index (χ3n) is 3.87. The molecular formula is C16H16F2N2O. The first-order valence-electron chi connectivity index (χ1n) is 6.81. The molecule has 0 amide bonds. The fraction of sp³-hybridized carbons (Fsp3) is 0.312. The Hall–Kier alpha value is -2.01. The molecule has 1 aliphatic heterocycles. The Balaban J connectivity index is 1.65. The molecule has 1 aromatic carbocycles. The minimum Gasteiger partial charge on any atom is -0.497 e. The summed E-state index contributed by atoms with van der Waals surface area (Å²) in [5.74, 6) is -0.497. The minimum atomic E-state index is -0.556. The summed E-state index contributed by atoms with van der Waals surface area (Å²) in [6.45, 7) is 1.88. The third kappa shape index (κ3) is 2.88. The number of halogens is 2. The van der Waals surface area contributed by atoms with Crippen molar-refractivity contribution in [3.63, 3.8) is 0 Å². The summed E-state index contributed by atoms with van der Waals surface area (Å²) < 4.78 is 32.6. The molecule has 1 saturated heterocycles. The monoisotopic (exact) mass is 290 g/mol. The van der Waals surface area contributed by atoms with Crippen LogP contribution < -0.4 is 4.74 Å². The van der Waals surface area contributed by atoms with Gasteiger partial charge < -0.3 is 4.74 Å². The molecule has 0 bridgehead atoms. The molecule has 1 aromatic heterocycles. The highest BCUT2D eigenvalue weighted by Gasteiger charge is 2.29. The molecule has 2 heterocycles. The van der Waals surface area contributed by atoms with Crippen LogP contribution in [0.25, 0.3) is 0 Å². The number of aromatic nitrogens is 1. The summed E-state index contributed by atoms with van der Waals surface area (Å²) in [7, 11) is 1.39. The van der Waals surface area contributed by atoms with Crippen LogP contribution >= 0.6 is 0 Å². The van der Waals surface area contributed by atoms with Gasteiger partial charge in [0, 0.05) is 55.6 Å². The van der Waals surface area contributed by atoms with Crippen LogP contribution in [-0.4, -0.2) is 30.1 Å². The van der Waals surface area contributed by atoms with E-state index in [0.29, 0.717) is 5.92 Å². The molecule has 0 saturated carbocycles. The number of methoxy groups -OCH3 is 1. The van der Waals surface area contributed by atoms with Crippen molar-refractivity contribution in [2.75, 3.05) is 20.2 Å². The molecule has 0 radical (unpaired) electrons. The number of nitrogens with zero attached hydrogens (tertiary/aromatic N) is 2. The highest BCUT2D eigenvalue weighted by atomic mass is 19.1. The molecule has 5 heteroatoms. The average molecular weight is 290 g/mol. The van der Waals surface area contributed by atoms with Crippen molar-refractivity contribution in [1.82, 2.24) is 9.88 Å². The van der Waals surface area contributed by atoms with Gasteiger partial charge in [-0.1, -0.05) is 0 Å². The molecule has 0 aliphatic carbocycles. The van der Waals surface area contributed by atoms with Gasteiger partial charge in [0.05, 0.1) is 7.11 Å². The van der Waals surface area contributed by atoms with Crippen molar-refractivity contribution in [3.05, 3.63) is 59.4 Å². The van der Waals surface area contributed by atoms with Crippen molar-refractivity contribution >= 4 is 0 Å². The standard InChI is InChI=1S/C16H16F2N2O/c1-21-13-6-15(17)14(16(18)7-13)10-20-8-12(9-20)11-2-4-19-5-3-11/h2-7,12H,8-10H2,1H3. The molecule has 0 atom stereocenters. The molecule has 3 rings (SSSR count). The Morgan fingerprint density at radius 3 is 2.38 bits per heavy atom. The predicted octanol–water partition coefficient (Wildman–Crippen LogP) is 2.97. The van der Waals surface area contributed by atoms with Gasteiger partial charge in [0.15, 0.2) is 0 Å². The molecule has 2 aromatic rings. The van der Waals surface area contributed by atoms with Gasteiger partial charge in [-0.05, 0) is 17.7 Å². The molecule has 1 fully saturated rings. The van der Waals surface area contributed by atoms with Gasteiger partial charge in [-0.3, -0.25) is 9.88 Å². The SMILES string of the molecule is COc1cc(F)c(CN2CC(c3ccncc3)C2)c(F)c1. The second kappa shape index (κ2) is 5.77. The molecular weight excluding hydrogens is 274 g/mol.